The van der Waals surface area contributed by atoms with Crippen LogP contribution in [0.2, 0.25) is 0 Å². The number of nitrogens with zero attached hydrogens (tertiary/aromatic N) is 3. The predicted molar refractivity (Wildman–Crippen MR) is 131 cm³/mol. The van der Waals surface area contributed by atoms with E-state index >= 15 is 0 Å². The first-order chi connectivity index (χ1) is 16.4. The molecule has 3 amide bonds. The Hall–Kier alpha value is -3.59. The van der Waals surface area contributed by atoms with E-state index in [2.05, 4.69) is 15.7 Å². The van der Waals surface area contributed by atoms with Crippen LogP contribution in [-0.2, 0) is 11.8 Å². The molecule has 174 valence electrons. The van der Waals surface area contributed by atoms with Gasteiger partial charge in [-0.2, -0.15) is 5.10 Å². The molecule has 8 nitrogen and oxygen atoms in total. The van der Waals surface area contributed by atoms with Gasteiger partial charge in [0.1, 0.15) is 11.7 Å². The highest BCUT2D eigenvalue weighted by Gasteiger charge is 2.45. The van der Waals surface area contributed by atoms with E-state index in [0.29, 0.717) is 29.9 Å². The number of hydrogen-bond donors (Lipinski definition) is 2. The number of carbonyl (C=O) groups excluding carboxylic acids is 3. The van der Waals surface area contributed by atoms with Crippen molar-refractivity contribution in [3.63, 3.8) is 0 Å². The van der Waals surface area contributed by atoms with Crippen LogP contribution in [0.4, 0.5) is 5.69 Å². The molecule has 34 heavy (non-hydrogen) atoms. The molecule has 2 aromatic carbocycles. The number of thioether (sulfide) groups is 1. The van der Waals surface area contributed by atoms with Crippen LogP contribution in [0.25, 0.3) is 11.1 Å². The molecule has 1 fully saturated rings. The second-order valence-corrected chi connectivity index (χ2v) is 9.46. The summed E-state index contributed by atoms with van der Waals surface area (Å²) in [5.74, 6) is -0.871. The quantitative estimate of drug-likeness (QED) is 0.566. The van der Waals surface area contributed by atoms with Crippen LogP contribution >= 0.6 is 11.8 Å². The zero-order valence-corrected chi connectivity index (χ0v) is 20.0. The van der Waals surface area contributed by atoms with E-state index in [0.717, 1.165) is 21.7 Å². The minimum absolute atomic E-state index is 0.216. The Bertz CT molecular complexity index is 1280. The highest BCUT2D eigenvalue weighted by atomic mass is 32.2. The molecule has 3 aromatic rings. The Kier molecular flexibility index (Phi) is 5.65. The Morgan fingerprint density at radius 1 is 1.12 bits per heavy atom. The van der Waals surface area contributed by atoms with Crippen molar-refractivity contribution in [3.05, 3.63) is 65.5 Å². The Balaban J connectivity index is 1.41. The maximum atomic E-state index is 13.5. The van der Waals surface area contributed by atoms with Crippen molar-refractivity contribution >= 4 is 35.2 Å². The number of carbonyl (C=O) groups is 3. The van der Waals surface area contributed by atoms with Gasteiger partial charge in [-0.25, -0.2) is 0 Å². The minimum Gasteiger partial charge on any atom is -0.345 e. The summed E-state index contributed by atoms with van der Waals surface area (Å²) in [4.78, 5) is 42.1. The van der Waals surface area contributed by atoms with Crippen LogP contribution in [-0.4, -0.2) is 57.3 Å². The molecule has 0 saturated carbocycles. The first kappa shape index (κ1) is 22.2. The summed E-state index contributed by atoms with van der Waals surface area (Å²) in [6.07, 6.45) is 2.52. The molecule has 2 aliphatic heterocycles. The van der Waals surface area contributed by atoms with Crippen molar-refractivity contribution in [2.75, 3.05) is 18.1 Å². The molecule has 0 aliphatic carbocycles. The highest BCUT2D eigenvalue weighted by Crippen LogP contribution is 2.33. The van der Waals surface area contributed by atoms with E-state index in [1.807, 2.05) is 49.6 Å². The maximum absolute atomic E-state index is 13.5. The average Bonchev–Trinajstić information content (AvgIpc) is 3.39. The van der Waals surface area contributed by atoms with Crippen molar-refractivity contribution in [2.24, 2.45) is 7.05 Å². The molecule has 1 saturated heterocycles. The summed E-state index contributed by atoms with van der Waals surface area (Å²) in [6.45, 7) is 2.25. The normalized spacial score (nSPS) is 19.3. The first-order valence-electron chi connectivity index (χ1n) is 11.1. The summed E-state index contributed by atoms with van der Waals surface area (Å²) < 4.78 is 1.63. The molecule has 0 spiro atoms. The summed E-state index contributed by atoms with van der Waals surface area (Å²) >= 11 is 1.67. The number of fused-ring (bicyclic) bond motifs is 2. The van der Waals surface area contributed by atoms with E-state index < -0.39 is 12.1 Å². The van der Waals surface area contributed by atoms with Crippen molar-refractivity contribution in [2.45, 2.75) is 30.3 Å². The lowest BCUT2D eigenvalue weighted by atomic mass is 10.0. The third kappa shape index (κ3) is 3.86. The fraction of sp³-hybridized carbons (Fsp3) is 0.280. The standard InChI is InChI=1S/C25H25N5O3S/c1-14-12-21(28-29(14)2)23(31)27-20-10-11-30-22(20)24(32)26-19-9-6-16(13-18(19)25(30)33)15-4-7-17(34-3)8-5-15/h4-9,12-13,20,22H,10-11H2,1-3H3,(H,26,32)(H,27,31). The lowest BCUT2D eigenvalue weighted by Crippen LogP contribution is -2.51. The van der Waals surface area contributed by atoms with E-state index in [9.17, 15) is 14.4 Å². The second-order valence-electron chi connectivity index (χ2n) is 8.58. The Labute approximate surface area is 201 Å². The summed E-state index contributed by atoms with van der Waals surface area (Å²) in [5, 5.41) is 10.0. The van der Waals surface area contributed by atoms with Gasteiger partial charge in [-0.1, -0.05) is 18.2 Å². The number of anilines is 1. The van der Waals surface area contributed by atoms with Gasteiger partial charge in [0.15, 0.2) is 0 Å². The fourth-order valence-corrected chi connectivity index (χ4v) is 4.97. The van der Waals surface area contributed by atoms with Gasteiger partial charge in [-0.15, -0.1) is 11.8 Å². The van der Waals surface area contributed by atoms with Gasteiger partial charge in [-0.05, 0) is 61.1 Å². The van der Waals surface area contributed by atoms with Crippen molar-refractivity contribution < 1.29 is 14.4 Å². The van der Waals surface area contributed by atoms with Crippen molar-refractivity contribution in [1.82, 2.24) is 20.0 Å². The smallest absolute Gasteiger partial charge is 0.272 e. The Morgan fingerprint density at radius 2 is 1.85 bits per heavy atom. The minimum atomic E-state index is -0.780. The molecule has 2 N–H and O–H groups in total. The summed E-state index contributed by atoms with van der Waals surface area (Å²) in [5.41, 5.74) is 3.99. The molecule has 0 radical (unpaired) electrons. The SMILES string of the molecule is CSc1ccc(-c2ccc3c(c2)C(=O)N2CCC(NC(=O)c4cc(C)n(C)n4)C2C(=O)N3)cc1. The van der Waals surface area contributed by atoms with Crippen LogP contribution in [0.3, 0.4) is 0 Å². The zero-order valence-electron chi connectivity index (χ0n) is 19.2. The molecule has 5 rings (SSSR count). The van der Waals surface area contributed by atoms with Gasteiger partial charge in [0.25, 0.3) is 11.8 Å². The predicted octanol–water partition coefficient (Wildman–Crippen LogP) is 3.08. The molecule has 2 aliphatic rings. The third-order valence-electron chi connectivity index (χ3n) is 6.52. The number of aryl methyl sites for hydroxylation is 2. The van der Waals surface area contributed by atoms with Crippen LogP contribution in [0.15, 0.2) is 53.4 Å². The Morgan fingerprint density at radius 3 is 2.53 bits per heavy atom. The molecule has 0 bridgehead atoms. The number of benzene rings is 2. The number of rotatable bonds is 4. The van der Waals surface area contributed by atoms with Gasteiger partial charge in [0.05, 0.1) is 17.3 Å². The highest BCUT2D eigenvalue weighted by molar-refractivity contribution is 7.98. The molecular weight excluding hydrogens is 450 g/mol. The van der Waals surface area contributed by atoms with E-state index in [1.54, 1.807) is 40.5 Å². The van der Waals surface area contributed by atoms with Gasteiger partial charge in [0, 0.05) is 24.2 Å². The summed E-state index contributed by atoms with van der Waals surface area (Å²) in [6, 6.07) is 14.1. The van der Waals surface area contributed by atoms with Gasteiger partial charge >= 0.3 is 0 Å². The monoisotopic (exact) mass is 475 g/mol. The molecular formula is C25H25N5O3S. The number of hydrogen-bond acceptors (Lipinski definition) is 5. The maximum Gasteiger partial charge on any atom is 0.272 e. The van der Waals surface area contributed by atoms with Crippen LogP contribution in [0.5, 0.6) is 0 Å². The van der Waals surface area contributed by atoms with Crippen molar-refractivity contribution in [3.8, 4) is 11.1 Å². The van der Waals surface area contributed by atoms with Gasteiger partial charge in [0.2, 0.25) is 5.91 Å². The number of nitrogens with one attached hydrogen (secondary N) is 2. The number of aromatic nitrogens is 2. The molecule has 9 heteroatoms. The molecule has 3 heterocycles. The summed E-state index contributed by atoms with van der Waals surface area (Å²) in [7, 11) is 1.77. The van der Waals surface area contributed by atoms with E-state index in [-0.39, 0.29) is 17.7 Å². The lowest BCUT2D eigenvalue weighted by Gasteiger charge is -2.24. The van der Waals surface area contributed by atoms with E-state index in [1.165, 1.54) is 0 Å². The van der Waals surface area contributed by atoms with Crippen molar-refractivity contribution in [1.29, 1.82) is 0 Å². The average molecular weight is 476 g/mol. The van der Waals surface area contributed by atoms with Gasteiger partial charge in [-0.3, -0.25) is 19.1 Å². The third-order valence-corrected chi connectivity index (χ3v) is 7.27. The molecule has 1 aromatic heterocycles. The largest absolute Gasteiger partial charge is 0.345 e. The fourth-order valence-electron chi connectivity index (χ4n) is 4.56. The topological polar surface area (TPSA) is 96.3 Å². The van der Waals surface area contributed by atoms with E-state index in [4.69, 9.17) is 0 Å². The van der Waals surface area contributed by atoms with Crippen LogP contribution in [0.1, 0.15) is 33.0 Å². The van der Waals surface area contributed by atoms with Crippen LogP contribution < -0.4 is 10.6 Å². The molecule has 2 unspecified atom stereocenters. The second kappa shape index (κ2) is 8.64. The first-order valence-corrected chi connectivity index (χ1v) is 12.3. The number of amides is 3. The van der Waals surface area contributed by atoms with Gasteiger partial charge < -0.3 is 15.5 Å². The molecule has 2 atom stereocenters. The van der Waals surface area contributed by atoms with Crippen LogP contribution in [0, 0.1) is 6.92 Å². The lowest BCUT2D eigenvalue weighted by molar-refractivity contribution is -0.120. The zero-order chi connectivity index (χ0) is 24.0.